The molecule has 0 aliphatic carbocycles. The number of carbonyl (C=O) groups is 1. The molecule has 0 amide bonds. The minimum atomic E-state index is -0.00817. The maximum atomic E-state index is 12.0. The van der Waals surface area contributed by atoms with E-state index in [9.17, 15) is 4.79 Å². The van der Waals surface area contributed by atoms with Gasteiger partial charge in [0, 0.05) is 13.0 Å². The number of nitrogens with one attached hydrogen (secondary N) is 1. The molecule has 0 radical (unpaired) electrons. The second kappa shape index (κ2) is 37.6. The van der Waals surface area contributed by atoms with Gasteiger partial charge < -0.3 is 10.1 Å². The summed E-state index contributed by atoms with van der Waals surface area (Å²) in [4.78, 5) is 12.0. The van der Waals surface area contributed by atoms with Crippen LogP contribution in [0.4, 0.5) is 0 Å². The van der Waals surface area contributed by atoms with Crippen molar-refractivity contribution in [2.45, 2.75) is 226 Å². The largest absolute Gasteiger partial charge is 0.464 e. The van der Waals surface area contributed by atoms with Crippen molar-refractivity contribution in [3.8, 4) is 0 Å². The number of carbonyl (C=O) groups excluding carboxylic acids is 1. The van der Waals surface area contributed by atoms with E-state index < -0.39 is 0 Å². The Balaban J connectivity index is 3.99. The molecular formula is C40H81NO2. The van der Waals surface area contributed by atoms with E-state index in [1.807, 2.05) is 0 Å². The fourth-order valence-corrected chi connectivity index (χ4v) is 6.38. The summed E-state index contributed by atoms with van der Waals surface area (Å²) in [5.74, 6) is 0.770. The predicted molar refractivity (Wildman–Crippen MR) is 192 cm³/mol. The molecular weight excluding hydrogens is 526 g/mol. The number of ether oxygens (including phenoxy) is 1. The van der Waals surface area contributed by atoms with Crippen LogP contribution in [-0.4, -0.2) is 25.7 Å². The molecule has 0 aromatic heterocycles. The lowest BCUT2D eigenvalue weighted by Gasteiger charge is -2.18. The van der Waals surface area contributed by atoms with Crippen molar-refractivity contribution in [2.75, 3.05) is 19.7 Å². The van der Waals surface area contributed by atoms with Crippen LogP contribution in [0.3, 0.4) is 0 Å². The molecule has 0 aromatic carbocycles. The maximum Gasteiger partial charge on any atom is 0.305 e. The summed E-state index contributed by atoms with van der Waals surface area (Å²) in [7, 11) is 0. The molecule has 0 spiro atoms. The molecule has 0 fully saturated rings. The maximum absolute atomic E-state index is 12.0. The van der Waals surface area contributed by atoms with Crippen molar-refractivity contribution in [3.63, 3.8) is 0 Å². The Morgan fingerprint density at radius 1 is 0.465 bits per heavy atom. The number of hydrogen-bond acceptors (Lipinski definition) is 3. The molecule has 1 N–H and O–H groups in total. The zero-order chi connectivity index (χ0) is 31.3. The van der Waals surface area contributed by atoms with Crippen LogP contribution in [0.1, 0.15) is 226 Å². The van der Waals surface area contributed by atoms with E-state index in [4.69, 9.17) is 4.74 Å². The van der Waals surface area contributed by atoms with Gasteiger partial charge in [-0.15, -0.1) is 0 Å². The predicted octanol–water partition coefficient (Wildman–Crippen LogP) is 13.3. The molecule has 0 aromatic rings. The fraction of sp³-hybridized carbons (Fsp3) is 0.975. The molecule has 258 valence electrons. The Morgan fingerprint density at radius 3 is 1.16 bits per heavy atom. The number of unbranched alkanes of at least 4 members (excludes halogenated alkanes) is 26. The molecule has 1 unspecified atom stereocenters. The molecule has 3 nitrogen and oxygen atoms in total. The van der Waals surface area contributed by atoms with Gasteiger partial charge in [0.15, 0.2) is 0 Å². The molecule has 0 saturated heterocycles. The topological polar surface area (TPSA) is 38.3 Å². The summed E-state index contributed by atoms with van der Waals surface area (Å²) in [6.45, 7) is 9.26. The zero-order valence-corrected chi connectivity index (χ0v) is 30.1. The average Bonchev–Trinajstić information content (AvgIpc) is 3.01. The third-order valence-electron chi connectivity index (χ3n) is 9.39. The van der Waals surface area contributed by atoms with E-state index in [1.165, 1.54) is 186 Å². The summed E-state index contributed by atoms with van der Waals surface area (Å²) >= 11 is 0. The van der Waals surface area contributed by atoms with Crippen molar-refractivity contribution < 1.29 is 9.53 Å². The highest BCUT2D eigenvalue weighted by Crippen LogP contribution is 2.20. The standard InChI is InChI=1S/C40H81NO2/c1-4-7-10-13-16-18-20-21-22-24-26-28-31-34-39(33-30-27-25-23-19-17-14-11-8-5-2)38-41-36-37-43-40(42)35-32-29-15-12-9-6-3/h39,41H,4-38H2,1-3H3. The summed E-state index contributed by atoms with van der Waals surface area (Å²) in [5, 5.41) is 3.64. The molecule has 1 atom stereocenters. The highest BCUT2D eigenvalue weighted by molar-refractivity contribution is 5.69. The average molecular weight is 608 g/mol. The first-order chi connectivity index (χ1) is 21.2. The summed E-state index contributed by atoms with van der Waals surface area (Å²) < 4.78 is 5.50. The Labute approximate surface area is 272 Å². The van der Waals surface area contributed by atoms with E-state index in [2.05, 4.69) is 26.1 Å². The van der Waals surface area contributed by atoms with Crippen LogP contribution in [0.15, 0.2) is 0 Å². The van der Waals surface area contributed by atoms with Crippen LogP contribution in [-0.2, 0) is 9.53 Å². The summed E-state index contributed by atoms with van der Waals surface area (Å²) in [6.07, 6.45) is 43.3. The first-order valence-electron chi connectivity index (χ1n) is 20.1. The van der Waals surface area contributed by atoms with Crippen molar-refractivity contribution >= 4 is 5.97 Å². The molecule has 0 aliphatic heterocycles. The van der Waals surface area contributed by atoms with Gasteiger partial charge in [0.25, 0.3) is 0 Å². The zero-order valence-electron chi connectivity index (χ0n) is 30.1. The minimum absolute atomic E-state index is 0.00817. The van der Waals surface area contributed by atoms with Crippen LogP contribution in [0.25, 0.3) is 0 Å². The van der Waals surface area contributed by atoms with Gasteiger partial charge in [0.1, 0.15) is 6.61 Å². The molecule has 0 rings (SSSR count). The Bertz CT molecular complexity index is 523. The van der Waals surface area contributed by atoms with Crippen molar-refractivity contribution in [2.24, 2.45) is 5.92 Å². The minimum Gasteiger partial charge on any atom is -0.464 e. The number of hydrogen-bond donors (Lipinski definition) is 1. The van der Waals surface area contributed by atoms with E-state index in [0.717, 1.165) is 31.8 Å². The van der Waals surface area contributed by atoms with Crippen LogP contribution >= 0.6 is 0 Å². The van der Waals surface area contributed by atoms with Gasteiger partial charge in [-0.3, -0.25) is 4.79 Å². The first-order valence-corrected chi connectivity index (χ1v) is 20.1. The highest BCUT2D eigenvalue weighted by Gasteiger charge is 2.09. The van der Waals surface area contributed by atoms with Crippen LogP contribution in [0, 0.1) is 5.92 Å². The molecule has 0 saturated carbocycles. The van der Waals surface area contributed by atoms with Gasteiger partial charge >= 0.3 is 5.97 Å². The highest BCUT2D eigenvalue weighted by atomic mass is 16.5. The molecule has 0 heterocycles. The second-order valence-electron chi connectivity index (χ2n) is 13.8. The second-order valence-corrected chi connectivity index (χ2v) is 13.8. The molecule has 3 heteroatoms. The Kier molecular flexibility index (Phi) is 37.1. The monoisotopic (exact) mass is 608 g/mol. The van der Waals surface area contributed by atoms with E-state index >= 15 is 0 Å². The van der Waals surface area contributed by atoms with Crippen LogP contribution < -0.4 is 5.32 Å². The molecule has 43 heavy (non-hydrogen) atoms. The lowest BCUT2D eigenvalue weighted by molar-refractivity contribution is -0.143. The fourth-order valence-electron chi connectivity index (χ4n) is 6.38. The molecule has 0 aliphatic rings. The Morgan fingerprint density at radius 2 is 0.791 bits per heavy atom. The number of esters is 1. The molecule has 0 bridgehead atoms. The van der Waals surface area contributed by atoms with E-state index in [-0.39, 0.29) is 5.97 Å². The van der Waals surface area contributed by atoms with Crippen molar-refractivity contribution in [1.82, 2.24) is 5.32 Å². The van der Waals surface area contributed by atoms with E-state index in [1.54, 1.807) is 0 Å². The number of rotatable bonds is 37. The van der Waals surface area contributed by atoms with Gasteiger partial charge in [-0.2, -0.15) is 0 Å². The van der Waals surface area contributed by atoms with Crippen LogP contribution in [0.5, 0.6) is 0 Å². The van der Waals surface area contributed by atoms with Gasteiger partial charge in [-0.1, -0.05) is 201 Å². The summed E-state index contributed by atoms with van der Waals surface area (Å²) in [5.41, 5.74) is 0. The lowest BCUT2D eigenvalue weighted by Crippen LogP contribution is -2.27. The SMILES string of the molecule is CCCCCCCCCCCCCCCC(CCCCCCCCCCCC)CNCCOC(=O)CCCCCCCC. The van der Waals surface area contributed by atoms with Gasteiger partial charge in [-0.05, 0) is 31.7 Å². The van der Waals surface area contributed by atoms with Gasteiger partial charge in [0.05, 0.1) is 0 Å². The van der Waals surface area contributed by atoms with Crippen molar-refractivity contribution in [3.05, 3.63) is 0 Å². The van der Waals surface area contributed by atoms with Gasteiger partial charge in [-0.25, -0.2) is 0 Å². The lowest BCUT2D eigenvalue weighted by atomic mass is 9.94. The third-order valence-corrected chi connectivity index (χ3v) is 9.39. The van der Waals surface area contributed by atoms with Crippen LogP contribution in [0.2, 0.25) is 0 Å². The Hall–Kier alpha value is -0.570. The first kappa shape index (κ1) is 42.4. The van der Waals surface area contributed by atoms with Gasteiger partial charge in [0.2, 0.25) is 0 Å². The quantitative estimate of drug-likeness (QED) is 0.0564. The summed E-state index contributed by atoms with van der Waals surface area (Å²) in [6, 6.07) is 0. The smallest absolute Gasteiger partial charge is 0.305 e. The van der Waals surface area contributed by atoms with Crippen molar-refractivity contribution in [1.29, 1.82) is 0 Å². The third kappa shape index (κ3) is 35.8. The normalized spacial score (nSPS) is 12.2. The van der Waals surface area contributed by atoms with E-state index in [0.29, 0.717) is 13.0 Å².